The summed E-state index contributed by atoms with van der Waals surface area (Å²) in [6.45, 7) is 0. The van der Waals surface area contributed by atoms with Gasteiger partial charge in [0.1, 0.15) is 0 Å². The van der Waals surface area contributed by atoms with Crippen LogP contribution < -0.4 is 10.1 Å². The number of ether oxygens (including phenoxy) is 1. The van der Waals surface area contributed by atoms with Gasteiger partial charge in [0.25, 0.3) is 5.88 Å². The van der Waals surface area contributed by atoms with Crippen molar-refractivity contribution in [1.29, 1.82) is 0 Å². The van der Waals surface area contributed by atoms with Crippen molar-refractivity contribution in [2.75, 3.05) is 12.4 Å². The van der Waals surface area contributed by atoms with Gasteiger partial charge < -0.3 is 10.1 Å². The minimum absolute atomic E-state index is 0.0235. The van der Waals surface area contributed by atoms with Crippen LogP contribution in [0.25, 0.3) is 0 Å². The average Bonchev–Trinajstić information content (AvgIpc) is 2.58. The number of nitrogens with zero attached hydrogens (tertiary/aromatic N) is 2. The lowest BCUT2D eigenvalue weighted by atomic mass is 9.80. The van der Waals surface area contributed by atoms with Crippen LogP contribution in [0.5, 0.6) is 5.88 Å². The van der Waals surface area contributed by atoms with Crippen molar-refractivity contribution in [3.63, 3.8) is 0 Å². The van der Waals surface area contributed by atoms with Gasteiger partial charge in [-0.2, -0.15) is 9.37 Å². The van der Waals surface area contributed by atoms with E-state index in [9.17, 15) is 4.39 Å². The lowest BCUT2D eigenvalue weighted by molar-refractivity contribution is 0.366. The van der Waals surface area contributed by atoms with E-state index in [2.05, 4.69) is 39.6 Å². The Kier molecular flexibility index (Phi) is 4.51. The summed E-state index contributed by atoms with van der Waals surface area (Å²) in [5, 5.41) is 3.36. The first-order chi connectivity index (χ1) is 10.8. The number of aromatic nitrogens is 2. The van der Waals surface area contributed by atoms with Gasteiger partial charge in [-0.25, -0.2) is 4.98 Å². The second kappa shape index (κ2) is 6.73. The standard InChI is InChI=1S/C17H20FN3O/c1-22-16-14(18)11-19-17(21-16)20-15-10-6-5-9-13(15)12-7-3-2-4-8-12/h2-4,7-8,11,13,15H,5-6,9-10H2,1H3,(H,19,20,21)/t13-,15+/m0/s1. The molecular weight excluding hydrogens is 281 g/mol. The molecule has 1 aliphatic carbocycles. The fraction of sp³-hybridized carbons (Fsp3) is 0.412. The molecule has 0 unspecified atom stereocenters. The molecule has 1 saturated carbocycles. The number of anilines is 1. The van der Waals surface area contributed by atoms with Crippen LogP contribution >= 0.6 is 0 Å². The van der Waals surface area contributed by atoms with Crippen molar-refractivity contribution in [3.05, 3.63) is 47.9 Å². The minimum Gasteiger partial charge on any atom is -0.479 e. The Bertz CT molecular complexity index is 621. The largest absolute Gasteiger partial charge is 0.479 e. The van der Waals surface area contributed by atoms with E-state index in [0.717, 1.165) is 19.0 Å². The van der Waals surface area contributed by atoms with Gasteiger partial charge in [-0.3, -0.25) is 0 Å². The number of methoxy groups -OCH3 is 1. The summed E-state index contributed by atoms with van der Waals surface area (Å²) in [5.74, 6) is 0.279. The summed E-state index contributed by atoms with van der Waals surface area (Å²) in [4.78, 5) is 8.13. The topological polar surface area (TPSA) is 47.0 Å². The van der Waals surface area contributed by atoms with Gasteiger partial charge in [0.2, 0.25) is 11.8 Å². The Balaban J connectivity index is 1.80. The summed E-state index contributed by atoms with van der Waals surface area (Å²) in [7, 11) is 1.41. The molecule has 1 heterocycles. The van der Waals surface area contributed by atoms with Crippen LogP contribution in [0, 0.1) is 5.82 Å². The number of hydrogen-bond donors (Lipinski definition) is 1. The van der Waals surface area contributed by atoms with Crippen molar-refractivity contribution < 1.29 is 9.13 Å². The maximum atomic E-state index is 13.4. The molecule has 0 saturated heterocycles. The van der Waals surface area contributed by atoms with E-state index >= 15 is 0 Å². The molecular formula is C17H20FN3O. The second-order valence-electron chi connectivity index (χ2n) is 5.60. The molecule has 0 spiro atoms. The molecule has 1 aliphatic rings. The van der Waals surface area contributed by atoms with Crippen molar-refractivity contribution in [2.45, 2.75) is 37.6 Å². The Hall–Kier alpha value is -2.17. The van der Waals surface area contributed by atoms with Crippen molar-refractivity contribution in [3.8, 4) is 5.88 Å². The molecule has 4 nitrogen and oxygen atoms in total. The van der Waals surface area contributed by atoms with Crippen LogP contribution in [-0.4, -0.2) is 23.1 Å². The zero-order valence-corrected chi connectivity index (χ0v) is 12.6. The van der Waals surface area contributed by atoms with Gasteiger partial charge in [0, 0.05) is 12.0 Å². The number of benzene rings is 1. The Labute approximate surface area is 129 Å². The van der Waals surface area contributed by atoms with E-state index in [-0.39, 0.29) is 11.9 Å². The van der Waals surface area contributed by atoms with E-state index in [0.29, 0.717) is 11.9 Å². The molecule has 22 heavy (non-hydrogen) atoms. The number of halogens is 1. The van der Waals surface area contributed by atoms with Crippen LogP contribution in [0.1, 0.15) is 37.2 Å². The molecule has 0 aliphatic heterocycles. The maximum absolute atomic E-state index is 13.4. The average molecular weight is 301 g/mol. The first kappa shape index (κ1) is 14.8. The highest BCUT2D eigenvalue weighted by Crippen LogP contribution is 2.34. The second-order valence-corrected chi connectivity index (χ2v) is 5.60. The third-order valence-corrected chi connectivity index (χ3v) is 4.21. The summed E-state index contributed by atoms with van der Waals surface area (Å²) in [6, 6.07) is 10.7. The van der Waals surface area contributed by atoms with E-state index in [1.54, 1.807) is 0 Å². The van der Waals surface area contributed by atoms with E-state index in [4.69, 9.17) is 4.74 Å². The molecule has 3 rings (SSSR count). The van der Waals surface area contributed by atoms with Crippen LogP contribution in [0.4, 0.5) is 10.3 Å². The van der Waals surface area contributed by atoms with Crippen LogP contribution in [0.15, 0.2) is 36.5 Å². The van der Waals surface area contributed by atoms with Crippen LogP contribution in [0.2, 0.25) is 0 Å². The lowest BCUT2D eigenvalue weighted by Gasteiger charge is -2.32. The zero-order valence-electron chi connectivity index (χ0n) is 12.6. The van der Waals surface area contributed by atoms with Crippen LogP contribution in [-0.2, 0) is 0 Å². The maximum Gasteiger partial charge on any atom is 0.255 e. The summed E-state index contributed by atoms with van der Waals surface area (Å²) in [6.07, 6.45) is 5.75. The number of hydrogen-bond acceptors (Lipinski definition) is 4. The summed E-state index contributed by atoms with van der Waals surface area (Å²) in [5.41, 5.74) is 1.33. The predicted molar refractivity (Wildman–Crippen MR) is 83.6 cm³/mol. The van der Waals surface area contributed by atoms with Crippen molar-refractivity contribution in [1.82, 2.24) is 9.97 Å². The van der Waals surface area contributed by atoms with Crippen LogP contribution in [0.3, 0.4) is 0 Å². The zero-order chi connectivity index (χ0) is 15.4. The highest BCUT2D eigenvalue weighted by Gasteiger charge is 2.27. The summed E-state index contributed by atoms with van der Waals surface area (Å²) >= 11 is 0. The fourth-order valence-electron chi connectivity index (χ4n) is 3.13. The van der Waals surface area contributed by atoms with E-state index in [1.165, 1.54) is 25.5 Å². The molecule has 2 atom stereocenters. The smallest absolute Gasteiger partial charge is 0.255 e. The minimum atomic E-state index is -0.545. The summed E-state index contributed by atoms with van der Waals surface area (Å²) < 4.78 is 18.3. The van der Waals surface area contributed by atoms with Gasteiger partial charge in [0.15, 0.2) is 0 Å². The molecule has 1 N–H and O–H groups in total. The lowest BCUT2D eigenvalue weighted by Crippen LogP contribution is -2.31. The third-order valence-electron chi connectivity index (χ3n) is 4.21. The molecule has 1 fully saturated rings. The predicted octanol–water partition coefficient (Wildman–Crippen LogP) is 3.76. The molecule has 1 aromatic carbocycles. The first-order valence-corrected chi connectivity index (χ1v) is 7.66. The van der Waals surface area contributed by atoms with Crippen molar-refractivity contribution >= 4 is 5.95 Å². The van der Waals surface area contributed by atoms with E-state index < -0.39 is 5.82 Å². The number of nitrogens with one attached hydrogen (secondary N) is 1. The Morgan fingerprint density at radius 3 is 2.73 bits per heavy atom. The monoisotopic (exact) mass is 301 g/mol. The number of rotatable bonds is 4. The van der Waals surface area contributed by atoms with Gasteiger partial charge >= 0.3 is 0 Å². The Morgan fingerprint density at radius 2 is 1.95 bits per heavy atom. The van der Waals surface area contributed by atoms with Gasteiger partial charge in [-0.1, -0.05) is 43.2 Å². The molecule has 0 amide bonds. The Morgan fingerprint density at radius 1 is 1.18 bits per heavy atom. The molecule has 116 valence electrons. The highest BCUT2D eigenvalue weighted by atomic mass is 19.1. The van der Waals surface area contributed by atoms with Crippen molar-refractivity contribution in [2.24, 2.45) is 0 Å². The molecule has 2 aromatic rings. The molecule has 0 radical (unpaired) electrons. The quantitative estimate of drug-likeness (QED) is 0.934. The molecule has 1 aromatic heterocycles. The van der Waals surface area contributed by atoms with Gasteiger partial charge in [0.05, 0.1) is 13.3 Å². The van der Waals surface area contributed by atoms with Gasteiger partial charge in [-0.05, 0) is 18.4 Å². The fourth-order valence-corrected chi connectivity index (χ4v) is 3.13. The first-order valence-electron chi connectivity index (χ1n) is 7.66. The van der Waals surface area contributed by atoms with E-state index in [1.807, 2.05) is 6.07 Å². The van der Waals surface area contributed by atoms with Gasteiger partial charge in [-0.15, -0.1) is 0 Å². The normalized spacial score (nSPS) is 21.4. The molecule has 5 heteroatoms. The SMILES string of the molecule is COc1nc(N[C@@H]2CCCC[C@H]2c2ccccc2)ncc1F. The highest BCUT2D eigenvalue weighted by molar-refractivity contribution is 5.33. The third kappa shape index (κ3) is 3.18. The molecule has 0 bridgehead atoms.